The van der Waals surface area contributed by atoms with Gasteiger partial charge < -0.3 is 9.42 Å². The van der Waals surface area contributed by atoms with E-state index in [4.69, 9.17) is 4.52 Å². The highest BCUT2D eigenvalue weighted by atomic mass is 19.4. The number of hydrogen-bond acceptors (Lipinski definition) is 3. The number of aryl methyl sites for hydroxylation is 1. The average Bonchev–Trinajstić information content (AvgIpc) is 2.74. The standard InChI is InChI=1S/C12H15F3N2O2/c1-8-6-10(16-19-8)7-11(18)17-4-2-9(3-5-17)12(13,14)15/h6,9H,2-5,7H2,1H3. The Morgan fingerprint density at radius 1 is 1.47 bits per heavy atom. The molecule has 0 unspecified atom stereocenters. The minimum absolute atomic E-state index is 0.0208. The van der Waals surface area contributed by atoms with Gasteiger partial charge in [0.15, 0.2) is 0 Å². The maximum absolute atomic E-state index is 12.5. The van der Waals surface area contributed by atoms with Crippen LogP contribution in [0.5, 0.6) is 0 Å². The number of piperidine rings is 1. The highest BCUT2D eigenvalue weighted by Gasteiger charge is 2.41. The van der Waals surface area contributed by atoms with Crippen LogP contribution in [0.15, 0.2) is 10.6 Å². The Balaban J connectivity index is 1.86. The Hall–Kier alpha value is -1.53. The molecule has 7 heteroatoms. The molecule has 0 bridgehead atoms. The number of amides is 1. The van der Waals surface area contributed by atoms with E-state index in [-0.39, 0.29) is 38.3 Å². The van der Waals surface area contributed by atoms with Gasteiger partial charge in [-0.3, -0.25) is 4.79 Å². The lowest BCUT2D eigenvalue weighted by Gasteiger charge is -2.32. The summed E-state index contributed by atoms with van der Waals surface area (Å²) in [6.07, 6.45) is -4.12. The van der Waals surface area contributed by atoms with Crippen molar-refractivity contribution < 1.29 is 22.5 Å². The highest BCUT2D eigenvalue weighted by Crippen LogP contribution is 2.34. The second-order valence-electron chi connectivity index (χ2n) is 4.80. The third-order valence-electron chi connectivity index (χ3n) is 3.32. The van der Waals surface area contributed by atoms with Gasteiger partial charge in [0.2, 0.25) is 5.91 Å². The molecule has 0 atom stereocenters. The van der Waals surface area contributed by atoms with Gasteiger partial charge in [-0.05, 0) is 19.8 Å². The lowest BCUT2D eigenvalue weighted by atomic mass is 9.96. The zero-order valence-electron chi connectivity index (χ0n) is 10.5. The van der Waals surface area contributed by atoms with Crippen molar-refractivity contribution in [3.05, 3.63) is 17.5 Å². The average molecular weight is 276 g/mol. The third-order valence-corrected chi connectivity index (χ3v) is 3.32. The molecule has 0 N–H and O–H groups in total. The summed E-state index contributed by atoms with van der Waals surface area (Å²) in [7, 11) is 0. The van der Waals surface area contributed by atoms with Crippen LogP contribution in [0.25, 0.3) is 0 Å². The van der Waals surface area contributed by atoms with Crippen LogP contribution in [0.2, 0.25) is 0 Å². The van der Waals surface area contributed by atoms with E-state index >= 15 is 0 Å². The van der Waals surface area contributed by atoms with Gasteiger partial charge >= 0.3 is 6.18 Å². The van der Waals surface area contributed by atoms with E-state index in [2.05, 4.69) is 5.16 Å². The number of halogens is 3. The first-order chi connectivity index (χ1) is 8.86. The summed E-state index contributed by atoms with van der Waals surface area (Å²) in [5.74, 6) is -0.877. The van der Waals surface area contributed by atoms with Crippen molar-refractivity contribution in [3.8, 4) is 0 Å². The molecule has 1 aliphatic heterocycles. The molecule has 1 amide bonds. The molecule has 1 aromatic heterocycles. The predicted octanol–water partition coefficient (Wildman–Crippen LogP) is 2.33. The fraction of sp³-hybridized carbons (Fsp3) is 0.667. The molecule has 0 aliphatic carbocycles. The number of aromatic nitrogens is 1. The largest absolute Gasteiger partial charge is 0.391 e. The fourth-order valence-electron chi connectivity index (χ4n) is 2.22. The normalized spacial score (nSPS) is 17.8. The lowest BCUT2D eigenvalue weighted by Crippen LogP contribution is -2.42. The van der Waals surface area contributed by atoms with Crippen molar-refractivity contribution in [1.29, 1.82) is 0 Å². The lowest BCUT2D eigenvalue weighted by molar-refractivity contribution is -0.186. The number of carbonyl (C=O) groups excluding carboxylic acids is 1. The first kappa shape index (κ1) is 13.9. The highest BCUT2D eigenvalue weighted by molar-refractivity contribution is 5.78. The zero-order valence-corrected chi connectivity index (χ0v) is 10.5. The van der Waals surface area contributed by atoms with Crippen molar-refractivity contribution in [2.45, 2.75) is 32.4 Å². The Morgan fingerprint density at radius 2 is 2.11 bits per heavy atom. The van der Waals surface area contributed by atoms with Crippen LogP contribution < -0.4 is 0 Å². The van der Waals surface area contributed by atoms with Gasteiger partial charge in [-0.25, -0.2) is 0 Å². The summed E-state index contributed by atoms with van der Waals surface area (Å²) in [5, 5.41) is 3.70. The molecule has 0 aromatic carbocycles. The quantitative estimate of drug-likeness (QED) is 0.832. The van der Waals surface area contributed by atoms with Crippen molar-refractivity contribution in [2.75, 3.05) is 13.1 Å². The summed E-state index contributed by atoms with van der Waals surface area (Å²) in [5.41, 5.74) is 0.514. The molecule has 1 fully saturated rings. The molecule has 1 saturated heterocycles. The van der Waals surface area contributed by atoms with Crippen molar-refractivity contribution in [3.63, 3.8) is 0 Å². The number of nitrogens with zero attached hydrogens (tertiary/aromatic N) is 2. The molecular weight excluding hydrogens is 261 g/mol. The molecule has 0 saturated carbocycles. The first-order valence-corrected chi connectivity index (χ1v) is 6.13. The van der Waals surface area contributed by atoms with Crippen molar-refractivity contribution >= 4 is 5.91 Å². The van der Waals surface area contributed by atoms with Crippen molar-refractivity contribution in [1.82, 2.24) is 10.1 Å². The minimum Gasteiger partial charge on any atom is -0.361 e. The number of likely N-dealkylation sites (tertiary alicyclic amines) is 1. The molecule has 1 aromatic rings. The van der Waals surface area contributed by atoms with Crippen LogP contribution in [-0.4, -0.2) is 35.2 Å². The molecule has 0 radical (unpaired) electrons. The molecule has 1 aliphatic rings. The van der Waals surface area contributed by atoms with Gasteiger partial charge in [-0.15, -0.1) is 0 Å². The van der Waals surface area contributed by atoms with Crippen LogP contribution in [0.3, 0.4) is 0 Å². The van der Waals surface area contributed by atoms with Gasteiger partial charge in [0.1, 0.15) is 5.76 Å². The van der Waals surface area contributed by atoms with E-state index in [1.165, 1.54) is 4.90 Å². The second-order valence-corrected chi connectivity index (χ2v) is 4.80. The molecule has 2 rings (SSSR count). The Labute approximate surface area is 108 Å². The SMILES string of the molecule is Cc1cc(CC(=O)N2CCC(C(F)(F)F)CC2)no1. The summed E-state index contributed by atoms with van der Waals surface area (Å²) >= 11 is 0. The Morgan fingerprint density at radius 3 is 2.58 bits per heavy atom. The molecule has 2 heterocycles. The monoisotopic (exact) mass is 276 g/mol. The maximum atomic E-state index is 12.5. The number of carbonyl (C=O) groups is 1. The smallest absolute Gasteiger partial charge is 0.361 e. The minimum atomic E-state index is -4.15. The van der Waals surface area contributed by atoms with E-state index in [0.717, 1.165) is 0 Å². The van der Waals surface area contributed by atoms with Crippen LogP contribution >= 0.6 is 0 Å². The topological polar surface area (TPSA) is 46.3 Å². The van der Waals surface area contributed by atoms with Crippen LogP contribution in [-0.2, 0) is 11.2 Å². The molecule has 4 nitrogen and oxygen atoms in total. The summed E-state index contributed by atoms with van der Waals surface area (Å²) < 4.78 is 42.3. The van der Waals surface area contributed by atoms with Gasteiger partial charge in [-0.1, -0.05) is 5.16 Å². The van der Waals surface area contributed by atoms with Crippen LogP contribution in [0.4, 0.5) is 13.2 Å². The van der Waals surface area contributed by atoms with Crippen LogP contribution in [0.1, 0.15) is 24.3 Å². The molecule has 19 heavy (non-hydrogen) atoms. The van der Waals surface area contributed by atoms with Crippen molar-refractivity contribution in [2.24, 2.45) is 5.92 Å². The summed E-state index contributed by atoms with van der Waals surface area (Å²) in [6, 6.07) is 1.65. The first-order valence-electron chi connectivity index (χ1n) is 6.13. The number of hydrogen-bond donors (Lipinski definition) is 0. The van der Waals surface area contributed by atoms with E-state index in [1.807, 2.05) is 0 Å². The molecular formula is C12H15F3N2O2. The number of alkyl halides is 3. The second kappa shape index (κ2) is 5.22. The van der Waals surface area contributed by atoms with E-state index in [0.29, 0.717) is 11.5 Å². The van der Waals surface area contributed by atoms with Crippen LogP contribution in [0, 0.1) is 12.8 Å². The molecule has 106 valence electrons. The maximum Gasteiger partial charge on any atom is 0.391 e. The van der Waals surface area contributed by atoms with E-state index in [9.17, 15) is 18.0 Å². The fourth-order valence-corrected chi connectivity index (χ4v) is 2.22. The van der Waals surface area contributed by atoms with E-state index < -0.39 is 12.1 Å². The van der Waals surface area contributed by atoms with Gasteiger partial charge in [0.25, 0.3) is 0 Å². The summed E-state index contributed by atoms with van der Waals surface area (Å²) in [6.45, 7) is 2.02. The molecule has 0 spiro atoms. The summed E-state index contributed by atoms with van der Waals surface area (Å²) in [4.78, 5) is 13.4. The Bertz CT molecular complexity index is 448. The predicted molar refractivity (Wildman–Crippen MR) is 60.3 cm³/mol. The third kappa shape index (κ3) is 3.48. The Kier molecular flexibility index (Phi) is 3.82. The van der Waals surface area contributed by atoms with Gasteiger partial charge in [-0.2, -0.15) is 13.2 Å². The van der Waals surface area contributed by atoms with Gasteiger partial charge in [0, 0.05) is 19.2 Å². The van der Waals surface area contributed by atoms with E-state index in [1.54, 1.807) is 13.0 Å². The zero-order chi connectivity index (χ0) is 14.0. The van der Waals surface area contributed by atoms with Gasteiger partial charge in [0.05, 0.1) is 18.0 Å². The number of rotatable bonds is 2.